The molecular formula is C23H29N3O3. The van der Waals surface area contributed by atoms with Gasteiger partial charge in [-0.3, -0.25) is 14.6 Å². The maximum Gasteiger partial charge on any atom is 0.255 e. The topological polar surface area (TPSA) is 71.5 Å². The average Bonchev–Trinajstić information content (AvgIpc) is 3.09. The van der Waals surface area contributed by atoms with E-state index in [1.165, 1.54) is 0 Å². The molecule has 0 spiro atoms. The molecule has 2 aromatic rings. The molecule has 0 bridgehead atoms. The summed E-state index contributed by atoms with van der Waals surface area (Å²) < 4.78 is 5.64. The molecule has 2 aliphatic rings. The molecule has 2 amide bonds. The number of nitrogens with one attached hydrogen (secondary N) is 1. The number of benzene rings is 1. The summed E-state index contributed by atoms with van der Waals surface area (Å²) in [5.74, 6) is 0.815. The molecule has 1 saturated heterocycles. The molecule has 2 heterocycles. The van der Waals surface area contributed by atoms with E-state index in [0.717, 1.165) is 48.1 Å². The van der Waals surface area contributed by atoms with Crippen LogP contribution in [0.5, 0.6) is 0 Å². The second-order valence-electron chi connectivity index (χ2n) is 8.60. The molecule has 1 saturated carbocycles. The molecule has 6 heteroatoms. The van der Waals surface area contributed by atoms with Gasteiger partial charge in [0.1, 0.15) is 0 Å². The molecule has 154 valence electrons. The van der Waals surface area contributed by atoms with Gasteiger partial charge in [-0.05, 0) is 56.7 Å². The number of hydrogen-bond acceptors (Lipinski definition) is 4. The first kappa shape index (κ1) is 19.8. The summed E-state index contributed by atoms with van der Waals surface area (Å²) in [6, 6.07) is 8.11. The molecular weight excluding hydrogens is 366 g/mol. The number of likely N-dealkylation sites (tertiary alicyclic amines) is 1. The Morgan fingerprint density at radius 2 is 1.86 bits per heavy atom. The molecule has 2 fully saturated rings. The van der Waals surface area contributed by atoms with Gasteiger partial charge in [0.25, 0.3) is 5.91 Å². The number of nitrogens with zero attached hydrogens (tertiary/aromatic N) is 2. The maximum atomic E-state index is 13.3. The summed E-state index contributed by atoms with van der Waals surface area (Å²) in [6.07, 6.45) is 1.72. The Balaban J connectivity index is 1.55. The van der Waals surface area contributed by atoms with Crippen molar-refractivity contribution in [1.29, 1.82) is 0 Å². The van der Waals surface area contributed by atoms with Gasteiger partial charge in [0, 0.05) is 32.5 Å². The van der Waals surface area contributed by atoms with E-state index in [1.54, 1.807) is 14.0 Å². The Kier molecular flexibility index (Phi) is 5.30. The van der Waals surface area contributed by atoms with Gasteiger partial charge < -0.3 is 15.0 Å². The predicted molar refractivity (Wildman–Crippen MR) is 112 cm³/mol. The Morgan fingerprint density at radius 3 is 2.55 bits per heavy atom. The highest BCUT2D eigenvalue weighted by Gasteiger charge is 2.44. The molecule has 1 aliphatic carbocycles. The number of aromatic nitrogens is 1. The Morgan fingerprint density at radius 1 is 1.14 bits per heavy atom. The van der Waals surface area contributed by atoms with Gasteiger partial charge in [-0.1, -0.05) is 11.6 Å². The molecule has 1 aromatic heterocycles. The number of amides is 2. The average molecular weight is 396 g/mol. The fraction of sp³-hybridized carbons (Fsp3) is 0.522. The van der Waals surface area contributed by atoms with Crippen LogP contribution in [0.2, 0.25) is 0 Å². The monoisotopic (exact) mass is 395 g/mol. The van der Waals surface area contributed by atoms with Crippen LogP contribution in [0, 0.1) is 25.7 Å². The Bertz CT molecular complexity index is 958. The van der Waals surface area contributed by atoms with Crippen molar-refractivity contribution in [2.24, 2.45) is 11.8 Å². The van der Waals surface area contributed by atoms with Crippen LogP contribution in [0.3, 0.4) is 0 Å². The van der Waals surface area contributed by atoms with Crippen molar-refractivity contribution in [2.75, 3.05) is 20.2 Å². The van der Waals surface area contributed by atoms with Crippen LogP contribution in [-0.4, -0.2) is 54.0 Å². The van der Waals surface area contributed by atoms with Crippen molar-refractivity contribution >= 4 is 22.7 Å². The van der Waals surface area contributed by atoms with Crippen molar-refractivity contribution in [3.05, 3.63) is 41.1 Å². The lowest BCUT2D eigenvalue weighted by Gasteiger charge is -2.37. The number of fused-ring (bicyclic) bond motifs is 2. The van der Waals surface area contributed by atoms with E-state index in [9.17, 15) is 9.59 Å². The zero-order chi connectivity index (χ0) is 20.7. The molecule has 29 heavy (non-hydrogen) atoms. The first-order valence-corrected chi connectivity index (χ1v) is 10.3. The number of pyridine rings is 1. The lowest BCUT2D eigenvalue weighted by atomic mass is 9.77. The molecule has 4 rings (SSSR count). The highest BCUT2D eigenvalue weighted by molar-refractivity contribution is 5.98. The van der Waals surface area contributed by atoms with Crippen LogP contribution in [0.25, 0.3) is 10.9 Å². The van der Waals surface area contributed by atoms with Crippen molar-refractivity contribution in [2.45, 2.75) is 45.8 Å². The van der Waals surface area contributed by atoms with Crippen LogP contribution in [0.1, 0.15) is 41.4 Å². The van der Waals surface area contributed by atoms with Crippen molar-refractivity contribution < 1.29 is 14.3 Å². The van der Waals surface area contributed by atoms with Gasteiger partial charge in [0.05, 0.1) is 28.9 Å². The smallest absolute Gasteiger partial charge is 0.255 e. The fourth-order valence-electron chi connectivity index (χ4n) is 5.03. The van der Waals surface area contributed by atoms with Crippen molar-refractivity contribution in [3.8, 4) is 0 Å². The van der Waals surface area contributed by atoms with Crippen molar-refractivity contribution in [1.82, 2.24) is 15.2 Å². The summed E-state index contributed by atoms with van der Waals surface area (Å²) in [5, 5.41) is 4.03. The standard InChI is InChI=1S/C23H29N3O3/c1-13-5-6-20-16(7-13)8-19(14(2)24-20)23(28)26-11-17-9-21(25-15(3)27)22(29-4)10-18(17)12-26/h5-8,17-18,21-22H,9-12H2,1-4H3,(H,25,27)/t17-,18+,21-,22-/m1/s1. The predicted octanol–water partition coefficient (Wildman–Crippen LogP) is 2.85. The second-order valence-corrected chi connectivity index (χ2v) is 8.60. The molecule has 4 atom stereocenters. The third-order valence-corrected chi connectivity index (χ3v) is 6.49. The van der Waals surface area contributed by atoms with Gasteiger partial charge in [-0.2, -0.15) is 0 Å². The SMILES string of the molecule is CO[C@@H]1C[C@H]2CN(C(=O)c3cc4cc(C)ccc4nc3C)C[C@H]2C[C@H]1NC(C)=O. The first-order chi connectivity index (χ1) is 13.9. The van der Waals surface area contributed by atoms with Crippen molar-refractivity contribution in [3.63, 3.8) is 0 Å². The highest BCUT2D eigenvalue weighted by Crippen LogP contribution is 2.38. The fourth-order valence-corrected chi connectivity index (χ4v) is 5.03. The maximum absolute atomic E-state index is 13.3. The largest absolute Gasteiger partial charge is 0.379 e. The van der Waals surface area contributed by atoms with Gasteiger partial charge in [0.15, 0.2) is 0 Å². The summed E-state index contributed by atoms with van der Waals surface area (Å²) >= 11 is 0. The Hall–Kier alpha value is -2.47. The lowest BCUT2D eigenvalue weighted by Crippen LogP contribution is -2.49. The molecule has 6 nitrogen and oxygen atoms in total. The van der Waals surface area contributed by atoms with E-state index >= 15 is 0 Å². The zero-order valence-electron chi connectivity index (χ0n) is 17.6. The van der Waals surface area contributed by atoms with Gasteiger partial charge in [-0.25, -0.2) is 0 Å². The lowest BCUT2D eigenvalue weighted by molar-refractivity contribution is -0.121. The molecule has 1 aliphatic heterocycles. The number of rotatable bonds is 3. The van der Waals surface area contributed by atoms with E-state index in [2.05, 4.69) is 16.4 Å². The molecule has 0 radical (unpaired) electrons. The first-order valence-electron chi connectivity index (χ1n) is 10.3. The summed E-state index contributed by atoms with van der Waals surface area (Å²) in [7, 11) is 1.70. The summed E-state index contributed by atoms with van der Waals surface area (Å²) in [4.78, 5) is 31.5. The van der Waals surface area contributed by atoms with Crippen LogP contribution in [-0.2, 0) is 9.53 Å². The molecule has 1 aromatic carbocycles. The van der Waals surface area contributed by atoms with Crippen LogP contribution >= 0.6 is 0 Å². The summed E-state index contributed by atoms with van der Waals surface area (Å²) in [6.45, 7) is 6.95. The number of carbonyl (C=O) groups is 2. The second kappa shape index (κ2) is 7.75. The Labute approximate surface area is 171 Å². The third kappa shape index (κ3) is 3.86. The van der Waals surface area contributed by atoms with Crippen LogP contribution < -0.4 is 5.32 Å². The quantitative estimate of drug-likeness (QED) is 0.868. The number of methoxy groups -OCH3 is 1. The third-order valence-electron chi connectivity index (χ3n) is 6.49. The van der Waals surface area contributed by atoms with Gasteiger partial charge in [0.2, 0.25) is 5.91 Å². The minimum Gasteiger partial charge on any atom is -0.379 e. The number of carbonyl (C=O) groups excluding carboxylic acids is 2. The van der Waals surface area contributed by atoms with Gasteiger partial charge in [-0.15, -0.1) is 0 Å². The van der Waals surface area contributed by atoms with Crippen LogP contribution in [0.4, 0.5) is 0 Å². The van der Waals surface area contributed by atoms with E-state index in [0.29, 0.717) is 17.4 Å². The minimum absolute atomic E-state index is 0.00208. The van der Waals surface area contributed by atoms with E-state index < -0.39 is 0 Å². The number of aryl methyl sites for hydroxylation is 2. The minimum atomic E-state index is -0.0328. The zero-order valence-corrected chi connectivity index (χ0v) is 17.6. The van der Waals surface area contributed by atoms with Crippen LogP contribution in [0.15, 0.2) is 24.3 Å². The normalized spacial score (nSPS) is 26.4. The molecule has 1 N–H and O–H groups in total. The highest BCUT2D eigenvalue weighted by atomic mass is 16.5. The van der Waals surface area contributed by atoms with E-state index in [-0.39, 0.29) is 24.0 Å². The van der Waals surface area contributed by atoms with E-state index in [4.69, 9.17) is 4.74 Å². The van der Waals surface area contributed by atoms with Gasteiger partial charge >= 0.3 is 0 Å². The number of hydrogen-bond donors (Lipinski definition) is 1. The number of ether oxygens (including phenoxy) is 1. The summed E-state index contributed by atoms with van der Waals surface area (Å²) in [5.41, 5.74) is 3.53. The molecule has 0 unspecified atom stereocenters. The van der Waals surface area contributed by atoms with E-state index in [1.807, 2.05) is 36.9 Å².